The first kappa shape index (κ1) is 10.8. The number of hydrogen-bond donors (Lipinski definition) is 0. The van der Waals surface area contributed by atoms with Crippen LogP contribution in [-0.4, -0.2) is 27.2 Å². The van der Waals surface area contributed by atoms with Gasteiger partial charge in [0.15, 0.2) is 0 Å². The second-order valence-electron chi connectivity index (χ2n) is 3.73. The molecule has 86 valence electrons. The van der Waals surface area contributed by atoms with E-state index in [-0.39, 0.29) is 0 Å². The molecule has 1 aliphatic rings. The molecule has 1 aromatic rings. The van der Waals surface area contributed by atoms with Gasteiger partial charge >= 0.3 is 0 Å². The second-order valence-corrected chi connectivity index (χ2v) is 3.73. The van der Waals surface area contributed by atoms with E-state index in [1.165, 1.54) is 0 Å². The molecule has 0 aromatic heterocycles. The molecule has 1 amide bonds. The molecule has 4 heteroatoms. The molecular weight excluding hydrogens is 206 g/mol. The Balaban J connectivity index is 2.54. The molecule has 0 saturated carbocycles. The molecule has 1 heterocycles. The van der Waals surface area contributed by atoms with Crippen molar-refractivity contribution in [3.63, 3.8) is 0 Å². The van der Waals surface area contributed by atoms with Crippen molar-refractivity contribution in [3.8, 4) is 11.5 Å². The summed E-state index contributed by atoms with van der Waals surface area (Å²) in [5, 5.41) is 0. The number of fused-ring (bicyclic) bond motifs is 1. The Kier molecular flexibility index (Phi) is 2.99. The minimum atomic E-state index is 0.712. The second kappa shape index (κ2) is 4.43. The van der Waals surface area contributed by atoms with Gasteiger partial charge in [0.05, 0.1) is 19.9 Å². The van der Waals surface area contributed by atoms with Crippen LogP contribution in [-0.2, 0) is 11.2 Å². The van der Waals surface area contributed by atoms with E-state index >= 15 is 0 Å². The lowest BCUT2D eigenvalue weighted by atomic mass is 10.0. The summed E-state index contributed by atoms with van der Waals surface area (Å²) in [7, 11) is 3.24. The van der Waals surface area contributed by atoms with Gasteiger partial charge in [-0.15, -0.1) is 0 Å². The molecule has 0 unspecified atom stereocenters. The maximum Gasteiger partial charge on any atom is 0.214 e. The van der Waals surface area contributed by atoms with Crippen molar-refractivity contribution in [1.29, 1.82) is 0 Å². The van der Waals surface area contributed by atoms with Crippen molar-refractivity contribution < 1.29 is 14.3 Å². The number of methoxy groups -OCH3 is 2. The van der Waals surface area contributed by atoms with Gasteiger partial charge in [-0.25, -0.2) is 0 Å². The van der Waals surface area contributed by atoms with Crippen LogP contribution in [0.2, 0.25) is 0 Å². The molecule has 0 saturated heterocycles. The summed E-state index contributed by atoms with van der Waals surface area (Å²) in [5.74, 6) is 1.50. The van der Waals surface area contributed by atoms with E-state index in [0.717, 1.165) is 42.8 Å². The number of ether oxygens (including phenoxy) is 2. The van der Waals surface area contributed by atoms with Crippen molar-refractivity contribution in [2.45, 2.75) is 12.8 Å². The van der Waals surface area contributed by atoms with Crippen LogP contribution in [0.5, 0.6) is 11.5 Å². The van der Waals surface area contributed by atoms with E-state index in [1.54, 1.807) is 19.1 Å². The predicted octanol–water partition coefficient (Wildman–Crippen LogP) is 1.61. The van der Waals surface area contributed by atoms with Gasteiger partial charge in [-0.3, -0.25) is 4.79 Å². The maximum atomic E-state index is 11.0. The van der Waals surface area contributed by atoms with Crippen molar-refractivity contribution in [2.24, 2.45) is 0 Å². The highest BCUT2D eigenvalue weighted by Gasteiger charge is 2.21. The SMILES string of the molecule is COc1cc(OC)c2c(c1)N(C=O)CCC2. The van der Waals surface area contributed by atoms with Gasteiger partial charge in [0, 0.05) is 24.2 Å². The number of rotatable bonds is 3. The van der Waals surface area contributed by atoms with Crippen LogP contribution in [0.1, 0.15) is 12.0 Å². The smallest absolute Gasteiger partial charge is 0.214 e. The molecule has 0 radical (unpaired) electrons. The molecule has 0 atom stereocenters. The third kappa shape index (κ3) is 1.71. The summed E-state index contributed by atoms with van der Waals surface area (Å²) in [6.07, 6.45) is 2.76. The Morgan fingerprint density at radius 1 is 1.31 bits per heavy atom. The molecule has 0 spiro atoms. The molecule has 0 aliphatic carbocycles. The summed E-state index contributed by atoms with van der Waals surface area (Å²) < 4.78 is 10.5. The van der Waals surface area contributed by atoms with Crippen molar-refractivity contribution in [2.75, 3.05) is 25.7 Å². The van der Waals surface area contributed by atoms with Gasteiger partial charge in [0.25, 0.3) is 0 Å². The van der Waals surface area contributed by atoms with E-state index in [2.05, 4.69) is 0 Å². The van der Waals surface area contributed by atoms with Gasteiger partial charge < -0.3 is 14.4 Å². The van der Waals surface area contributed by atoms with E-state index in [0.29, 0.717) is 5.75 Å². The number of carbonyl (C=O) groups excluding carboxylic acids is 1. The molecule has 4 nitrogen and oxygen atoms in total. The first-order valence-corrected chi connectivity index (χ1v) is 5.27. The molecule has 0 N–H and O–H groups in total. The third-order valence-corrected chi connectivity index (χ3v) is 2.88. The fraction of sp³-hybridized carbons (Fsp3) is 0.417. The average Bonchev–Trinajstić information content (AvgIpc) is 2.36. The highest BCUT2D eigenvalue weighted by Crippen LogP contribution is 2.37. The van der Waals surface area contributed by atoms with Crippen LogP contribution in [0, 0.1) is 0 Å². The van der Waals surface area contributed by atoms with E-state index in [1.807, 2.05) is 12.1 Å². The van der Waals surface area contributed by atoms with Gasteiger partial charge in [-0.2, -0.15) is 0 Å². The van der Waals surface area contributed by atoms with Gasteiger partial charge in [0.2, 0.25) is 6.41 Å². The minimum absolute atomic E-state index is 0.712. The summed E-state index contributed by atoms with van der Waals surface area (Å²) >= 11 is 0. The average molecular weight is 221 g/mol. The summed E-state index contributed by atoms with van der Waals surface area (Å²) in [6, 6.07) is 3.73. The van der Waals surface area contributed by atoms with Crippen LogP contribution in [0.25, 0.3) is 0 Å². The fourth-order valence-corrected chi connectivity index (χ4v) is 2.07. The maximum absolute atomic E-state index is 11.0. The molecule has 2 rings (SSSR count). The van der Waals surface area contributed by atoms with E-state index in [4.69, 9.17) is 9.47 Å². The fourth-order valence-electron chi connectivity index (χ4n) is 2.07. The third-order valence-electron chi connectivity index (χ3n) is 2.88. The van der Waals surface area contributed by atoms with Crippen molar-refractivity contribution in [3.05, 3.63) is 17.7 Å². The molecule has 1 aliphatic heterocycles. The molecule has 16 heavy (non-hydrogen) atoms. The normalized spacial score (nSPS) is 14.2. The van der Waals surface area contributed by atoms with Gasteiger partial charge in [-0.05, 0) is 12.8 Å². The van der Waals surface area contributed by atoms with E-state index in [9.17, 15) is 4.79 Å². The van der Waals surface area contributed by atoms with Gasteiger partial charge in [0.1, 0.15) is 11.5 Å². The Bertz CT molecular complexity index is 403. The number of benzene rings is 1. The number of anilines is 1. The molecule has 0 fully saturated rings. The molecule has 1 aromatic carbocycles. The summed E-state index contributed by atoms with van der Waals surface area (Å²) in [6.45, 7) is 0.757. The first-order valence-electron chi connectivity index (χ1n) is 5.27. The highest BCUT2D eigenvalue weighted by molar-refractivity contribution is 5.80. The van der Waals surface area contributed by atoms with Crippen LogP contribution in [0.3, 0.4) is 0 Å². The van der Waals surface area contributed by atoms with Crippen LogP contribution >= 0.6 is 0 Å². The zero-order valence-corrected chi connectivity index (χ0v) is 9.53. The van der Waals surface area contributed by atoms with E-state index < -0.39 is 0 Å². The Hall–Kier alpha value is -1.71. The van der Waals surface area contributed by atoms with Gasteiger partial charge in [-0.1, -0.05) is 0 Å². The zero-order valence-electron chi connectivity index (χ0n) is 9.53. The number of nitrogens with zero attached hydrogens (tertiary/aromatic N) is 1. The number of hydrogen-bond acceptors (Lipinski definition) is 3. The predicted molar refractivity (Wildman–Crippen MR) is 61.3 cm³/mol. The summed E-state index contributed by atoms with van der Waals surface area (Å²) in [4.78, 5) is 12.7. The monoisotopic (exact) mass is 221 g/mol. The summed E-state index contributed by atoms with van der Waals surface area (Å²) in [5.41, 5.74) is 1.99. The first-order chi connectivity index (χ1) is 7.80. The minimum Gasteiger partial charge on any atom is -0.497 e. The lowest BCUT2D eigenvalue weighted by Crippen LogP contribution is -2.27. The molecular formula is C12H15NO3. The van der Waals surface area contributed by atoms with Crippen molar-refractivity contribution in [1.82, 2.24) is 0 Å². The largest absolute Gasteiger partial charge is 0.497 e. The highest BCUT2D eigenvalue weighted by atomic mass is 16.5. The van der Waals surface area contributed by atoms with Crippen LogP contribution in [0.15, 0.2) is 12.1 Å². The zero-order chi connectivity index (χ0) is 11.5. The van der Waals surface area contributed by atoms with Crippen LogP contribution in [0.4, 0.5) is 5.69 Å². The number of carbonyl (C=O) groups is 1. The Morgan fingerprint density at radius 2 is 2.12 bits per heavy atom. The topological polar surface area (TPSA) is 38.8 Å². The standard InChI is InChI=1S/C12H15NO3/c1-15-9-6-11-10(12(7-9)16-2)4-3-5-13(11)8-14/h6-8H,3-5H2,1-2H3. The Labute approximate surface area is 94.8 Å². The lowest BCUT2D eigenvalue weighted by molar-refractivity contribution is -0.107. The number of amides is 1. The lowest BCUT2D eigenvalue weighted by Gasteiger charge is -2.27. The molecule has 0 bridgehead atoms. The quantitative estimate of drug-likeness (QED) is 0.728. The van der Waals surface area contributed by atoms with Crippen LogP contribution < -0.4 is 14.4 Å². The van der Waals surface area contributed by atoms with Crippen molar-refractivity contribution >= 4 is 12.1 Å². The Morgan fingerprint density at radius 3 is 2.75 bits per heavy atom.